The molecule has 0 bridgehead atoms. The van der Waals surface area contributed by atoms with E-state index in [4.69, 9.17) is 11.6 Å². The zero-order valence-electron chi connectivity index (χ0n) is 21.6. The lowest BCUT2D eigenvalue weighted by Gasteiger charge is -2.32. The molecular weight excluding hydrogens is 505 g/mol. The molecule has 0 saturated heterocycles. The van der Waals surface area contributed by atoms with Gasteiger partial charge in [0.2, 0.25) is 21.8 Å². The maximum Gasteiger partial charge on any atom is 0.242 e. The van der Waals surface area contributed by atoms with Gasteiger partial charge in [-0.05, 0) is 64.8 Å². The Morgan fingerprint density at radius 2 is 1.78 bits per heavy atom. The van der Waals surface area contributed by atoms with Crippen molar-refractivity contribution in [2.75, 3.05) is 17.1 Å². The van der Waals surface area contributed by atoms with E-state index in [1.165, 1.54) is 15.3 Å². The number of carbonyl (C=O) groups excluding carboxylic acids is 2. The molecule has 0 aliphatic heterocycles. The van der Waals surface area contributed by atoms with E-state index < -0.39 is 27.4 Å². The maximum absolute atomic E-state index is 14.4. The molecule has 0 aliphatic rings. The van der Waals surface area contributed by atoms with Crippen LogP contribution >= 0.6 is 11.6 Å². The van der Waals surface area contributed by atoms with Gasteiger partial charge in [-0.2, -0.15) is 0 Å². The zero-order chi connectivity index (χ0) is 27.3. The van der Waals surface area contributed by atoms with E-state index in [9.17, 15) is 22.4 Å². The first kappa shape index (κ1) is 29.6. The number of amides is 2. The molecule has 1 N–H and O–H groups in total. The summed E-state index contributed by atoms with van der Waals surface area (Å²) in [6.45, 7) is 8.82. The smallest absolute Gasteiger partial charge is 0.242 e. The summed E-state index contributed by atoms with van der Waals surface area (Å²) >= 11 is 6.09. The van der Waals surface area contributed by atoms with Crippen LogP contribution in [0.15, 0.2) is 42.5 Å². The highest BCUT2D eigenvalue weighted by atomic mass is 35.5. The van der Waals surface area contributed by atoms with Crippen LogP contribution in [0.25, 0.3) is 0 Å². The SMILES string of the molecule is Cc1ccc(Cl)cc1N(CCCC(=O)N(Cc1ccccc1F)C(C)C(=O)NC(C)(C)C)S(C)(=O)=O. The second kappa shape index (κ2) is 12.1. The molecule has 1 atom stereocenters. The van der Waals surface area contributed by atoms with Crippen LogP contribution in [-0.4, -0.2) is 49.5 Å². The van der Waals surface area contributed by atoms with Crippen molar-refractivity contribution in [3.8, 4) is 0 Å². The quantitative estimate of drug-likeness (QED) is 0.475. The topological polar surface area (TPSA) is 86.8 Å². The van der Waals surface area contributed by atoms with Crippen LogP contribution in [0.4, 0.5) is 10.1 Å². The van der Waals surface area contributed by atoms with Crippen LogP contribution in [0.2, 0.25) is 5.02 Å². The number of hydrogen-bond donors (Lipinski definition) is 1. The van der Waals surface area contributed by atoms with Gasteiger partial charge in [0.1, 0.15) is 11.9 Å². The van der Waals surface area contributed by atoms with Gasteiger partial charge in [0.15, 0.2) is 0 Å². The van der Waals surface area contributed by atoms with Crippen LogP contribution in [0.1, 0.15) is 51.7 Å². The third-order valence-corrected chi connectivity index (χ3v) is 6.97. The summed E-state index contributed by atoms with van der Waals surface area (Å²) in [5.41, 5.74) is 0.944. The van der Waals surface area contributed by atoms with E-state index in [1.807, 2.05) is 20.8 Å². The number of halogens is 2. The molecule has 0 saturated carbocycles. The Morgan fingerprint density at radius 1 is 1.14 bits per heavy atom. The van der Waals surface area contributed by atoms with Crippen molar-refractivity contribution in [1.29, 1.82) is 0 Å². The number of benzene rings is 2. The van der Waals surface area contributed by atoms with Crippen LogP contribution in [-0.2, 0) is 26.2 Å². The molecule has 2 aromatic rings. The van der Waals surface area contributed by atoms with Gasteiger partial charge in [-0.1, -0.05) is 35.9 Å². The second-order valence-electron chi connectivity index (χ2n) is 9.90. The predicted octanol–water partition coefficient (Wildman–Crippen LogP) is 4.67. The number of carbonyl (C=O) groups is 2. The van der Waals surface area contributed by atoms with Crippen LogP contribution in [0.5, 0.6) is 0 Å². The van der Waals surface area contributed by atoms with Gasteiger partial charge in [0.25, 0.3) is 0 Å². The Balaban J connectivity index is 2.24. The fourth-order valence-electron chi connectivity index (χ4n) is 3.70. The number of sulfonamides is 1. The van der Waals surface area contributed by atoms with E-state index >= 15 is 0 Å². The fourth-order valence-corrected chi connectivity index (χ4v) is 4.88. The molecule has 198 valence electrons. The van der Waals surface area contributed by atoms with Gasteiger partial charge >= 0.3 is 0 Å². The molecule has 36 heavy (non-hydrogen) atoms. The molecule has 0 spiro atoms. The summed E-state index contributed by atoms with van der Waals surface area (Å²) < 4.78 is 40.6. The lowest BCUT2D eigenvalue weighted by Crippen LogP contribution is -2.52. The summed E-state index contributed by atoms with van der Waals surface area (Å²) in [7, 11) is -3.64. The third-order valence-electron chi connectivity index (χ3n) is 5.56. The molecule has 2 aromatic carbocycles. The summed E-state index contributed by atoms with van der Waals surface area (Å²) in [5, 5.41) is 3.25. The molecule has 0 heterocycles. The van der Waals surface area contributed by atoms with E-state index in [-0.39, 0.29) is 43.3 Å². The Morgan fingerprint density at radius 3 is 2.36 bits per heavy atom. The highest BCUT2D eigenvalue weighted by Crippen LogP contribution is 2.27. The van der Waals surface area contributed by atoms with Crippen molar-refractivity contribution in [1.82, 2.24) is 10.2 Å². The lowest BCUT2D eigenvalue weighted by molar-refractivity contribution is -0.141. The number of rotatable bonds is 10. The van der Waals surface area contributed by atoms with Crippen LogP contribution in [0.3, 0.4) is 0 Å². The summed E-state index contributed by atoms with van der Waals surface area (Å²) in [4.78, 5) is 27.5. The van der Waals surface area contributed by atoms with Crippen LogP contribution in [0, 0.1) is 12.7 Å². The molecule has 2 rings (SSSR count). The molecular formula is C26H35ClFN3O4S. The first-order chi connectivity index (χ1) is 16.6. The second-order valence-corrected chi connectivity index (χ2v) is 12.2. The van der Waals surface area contributed by atoms with Crippen LogP contribution < -0.4 is 9.62 Å². The minimum Gasteiger partial charge on any atom is -0.350 e. The largest absolute Gasteiger partial charge is 0.350 e. The monoisotopic (exact) mass is 539 g/mol. The normalized spacial score (nSPS) is 12.7. The zero-order valence-corrected chi connectivity index (χ0v) is 23.2. The number of anilines is 1. The van der Waals surface area contributed by atoms with Crippen molar-refractivity contribution >= 4 is 39.1 Å². The Kier molecular flexibility index (Phi) is 9.91. The molecule has 0 aromatic heterocycles. The minimum absolute atomic E-state index is 0.0345. The average Bonchev–Trinajstić information content (AvgIpc) is 2.75. The van der Waals surface area contributed by atoms with Gasteiger partial charge in [0.05, 0.1) is 11.9 Å². The van der Waals surface area contributed by atoms with E-state index in [0.717, 1.165) is 11.8 Å². The van der Waals surface area contributed by atoms with E-state index in [1.54, 1.807) is 50.2 Å². The maximum atomic E-state index is 14.4. The summed E-state index contributed by atoms with van der Waals surface area (Å²) in [6, 6.07) is 10.2. The van der Waals surface area contributed by atoms with E-state index in [0.29, 0.717) is 10.7 Å². The minimum atomic E-state index is -3.64. The lowest BCUT2D eigenvalue weighted by atomic mass is 10.1. The molecule has 7 nitrogen and oxygen atoms in total. The predicted molar refractivity (Wildman–Crippen MR) is 142 cm³/mol. The van der Waals surface area contributed by atoms with E-state index in [2.05, 4.69) is 5.32 Å². The third kappa shape index (κ3) is 8.48. The highest BCUT2D eigenvalue weighted by molar-refractivity contribution is 7.92. The Labute approximate surface area is 218 Å². The average molecular weight is 540 g/mol. The molecule has 0 radical (unpaired) electrons. The number of hydrogen-bond acceptors (Lipinski definition) is 4. The van der Waals surface area contributed by atoms with Crippen molar-refractivity contribution in [2.24, 2.45) is 0 Å². The van der Waals surface area contributed by atoms with Crippen molar-refractivity contribution in [3.05, 3.63) is 64.4 Å². The number of nitrogens with one attached hydrogen (secondary N) is 1. The Bertz CT molecular complexity index is 1200. The van der Waals surface area contributed by atoms with Crippen molar-refractivity contribution < 1.29 is 22.4 Å². The van der Waals surface area contributed by atoms with Gasteiger partial charge < -0.3 is 10.2 Å². The molecule has 0 fully saturated rings. The first-order valence-electron chi connectivity index (χ1n) is 11.7. The molecule has 10 heteroatoms. The number of aryl methyl sites for hydroxylation is 1. The summed E-state index contributed by atoms with van der Waals surface area (Å²) in [5.74, 6) is -1.22. The van der Waals surface area contributed by atoms with Gasteiger partial charge in [-0.15, -0.1) is 0 Å². The van der Waals surface area contributed by atoms with Gasteiger partial charge in [-0.3, -0.25) is 13.9 Å². The standard InChI is InChI=1S/C26H35ClFN3O4S/c1-18-13-14-21(27)16-23(18)31(36(6,34)35)15-9-12-24(32)30(17-20-10-7-8-11-22(20)28)19(2)25(33)29-26(3,4)5/h7-8,10-11,13-14,16,19H,9,12,15,17H2,1-6H3,(H,29,33). The van der Waals surface area contributed by atoms with Crippen molar-refractivity contribution in [2.45, 2.75) is 65.6 Å². The Hall–Kier alpha value is -2.65. The molecule has 2 amide bonds. The fraction of sp³-hybridized carbons (Fsp3) is 0.462. The first-order valence-corrected chi connectivity index (χ1v) is 13.9. The highest BCUT2D eigenvalue weighted by Gasteiger charge is 2.29. The molecule has 0 aliphatic carbocycles. The summed E-state index contributed by atoms with van der Waals surface area (Å²) in [6.07, 6.45) is 1.25. The van der Waals surface area contributed by atoms with Gasteiger partial charge in [-0.25, -0.2) is 12.8 Å². The van der Waals surface area contributed by atoms with Crippen molar-refractivity contribution in [3.63, 3.8) is 0 Å². The molecule has 1 unspecified atom stereocenters. The number of nitrogens with zero attached hydrogens (tertiary/aromatic N) is 2. The van der Waals surface area contributed by atoms with Gasteiger partial charge in [0, 0.05) is 35.6 Å².